The van der Waals surface area contributed by atoms with Crippen molar-refractivity contribution in [3.05, 3.63) is 59.7 Å². The van der Waals surface area contributed by atoms with Crippen molar-refractivity contribution in [1.82, 2.24) is 10.3 Å². The van der Waals surface area contributed by atoms with Gasteiger partial charge < -0.3 is 10.1 Å². The van der Waals surface area contributed by atoms with E-state index >= 15 is 0 Å². The van der Waals surface area contributed by atoms with Gasteiger partial charge in [-0.2, -0.15) is 0 Å². The Hall–Kier alpha value is -1.94. The maximum absolute atomic E-state index is 14.0. The fourth-order valence-corrected chi connectivity index (χ4v) is 2.15. The summed E-state index contributed by atoms with van der Waals surface area (Å²) in [5.74, 6) is 0.0269. The zero-order valence-corrected chi connectivity index (χ0v) is 11.9. The molecule has 21 heavy (non-hydrogen) atoms. The van der Waals surface area contributed by atoms with E-state index < -0.39 is 0 Å². The van der Waals surface area contributed by atoms with Crippen LogP contribution in [-0.2, 0) is 13.0 Å². The van der Waals surface area contributed by atoms with Gasteiger partial charge in [0.25, 0.3) is 0 Å². The average molecular weight is 286 g/mol. The molecule has 0 spiro atoms. The van der Waals surface area contributed by atoms with Gasteiger partial charge in [0, 0.05) is 31.4 Å². The van der Waals surface area contributed by atoms with Crippen molar-refractivity contribution in [2.24, 2.45) is 0 Å². The Morgan fingerprint density at radius 1 is 1.14 bits per heavy atom. The SMILES string of the molecule is Fc1cc(CNC2CC2)ccc1OCCc1ccncc1. The van der Waals surface area contributed by atoms with Crippen molar-refractivity contribution in [2.75, 3.05) is 6.61 Å². The second-order valence-corrected chi connectivity index (χ2v) is 5.37. The van der Waals surface area contributed by atoms with Gasteiger partial charge in [0.2, 0.25) is 0 Å². The topological polar surface area (TPSA) is 34.1 Å². The number of aromatic nitrogens is 1. The van der Waals surface area contributed by atoms with Gasteiger partial charge in [0.1, 0.15) is 0 Å². The molecule has 1 saturated carbocycles. The molecule has 1 aromatic carbocycles. The molecule has 0 atom stereocenters. The summed E-state index contributed by atoms with van der Waals surface area (Å²) in [7, 11) is 0. The Labute approximate surface area is 124 Å². The third-order valence-electron chi connectivity index (χ3n) is 3.57. The smallest absolute Gasteiger partial charge is 0.165 e. The molecule has 0 radical (unpaired) electrons. The molecule has 1 aliphatic carbocycles. The maximum Gasteiger partial charge on any atom is 0.165 e. The normalized spacial score (nSPS) is 14.1. The van der Waals surface area contributed by atoms with Gasteiger partial charge in [-0.25, -0.2) is 4.39 Å². The molecule has 1 N–H and O–H groups in total. The molecule has 1 heterocycles. The standard InChI is InChI=1S/C17H19FN2O/c18-16-11-14(12-20-15-2-3-15)1-4-17(16)21-10-7-13-5-8-19-9-6-13/h1,4-6,8-9,11,15,20H,2-3,7,10,12H2. The maximum atomic E-state index is 14.0. The van der Waals surface area contributed by atoms with Crippen LogP contribution in [0.25, 0.3) is 0 Å². The van der Waals surface area contributed by atoms with Gasteiger partial charge in [-0.05, 0) is 48.2 Å². The number of halogens is 1. The zero-order chi connectivity index (χ0) is 14.5. The van der Waals surface area contributed by atoms with E-state index in [4.69, 9.17) is 4.74 Å². The third-order valence-corrected chi connectivity index (χ3v) is 3.57. The van der Waals surface area contributed by atoms with Crippen LogP contribution in [0, 0.1) is 5.82 Å². The molecule has 0 aliphatic heterocycles. The second-order valence-electron chi connectivity index (χ2n) is 5.37. The summed E-state index contributed by atoms with van der Waals surface area (Å²) >= 11 is 0. The lowest BCUT2D eigenvalue weighted by atomic mass is 10.2. The molecule has 3 nitrogen and oxygen atoms in total. The quantitative estimate of drug-likeness (QED) is 0.849. The zero-order valence-electron chi connectivity index (χ0n) is 11.9. The Kier molecular flexibility index (Phi) is 4.46. The average Bonchev–Trinajstić information content (AvgIpc) is 3.32. The summed E-state index contributed by atoms with van der Waals surface area (Å²) in [6.07, 6.45) is 6.71. The van der Waals surface area contributed by atoms with E-state index in [-0.39, 0.29) is 5.82 Å². The van der Waals surface area contributed by atoms with Crippen molar-refractivity contribution in [1.29, 1.82) is 0 Å². The first-order valence-corrected chi connectivity index (χ1v) is 7.35. The summed E-state index contributed by atoms with van der Waals surface area (Å²) < 4.78 is 19.5. The van der Waals surface area contributed by atoms with Crippen LogP contribution in [0.3, 0.4) is 0 Å². The number of rotatable bonds is 7. The molecule has 1 aliphatic rings. The van der Waals surface area contributed by atoms with Gasteiger partial charge in [0.15, 0.2) is 11.6 Å². The number of hydrogen-bond donors (Lipinski definition) is 1. The highest BCUT2D eigenvalue weighted by atomic mass is 19.1. The summed E-state index contributed by atoms with van der Waals surface area (Å²) in [5.41, 5.74) is 2.09. The van der Waals surface area contributed by atoms with Gasteiger partial charge in [0.05, 0.1) is 6.61 Å². The number of hydrogen-bond acceptors (Lipinski definition) is 3. The fourth-order valence-electron chi connectivity index (χ4n) is 2.15. The predicted octanol–water partition coefficient (Wildman–Crippen LogP) is 3.09. The van der Waals surface area contributed by atoms with E-state index in [1.807, 2.05) is 18.2 Å². The minimum Gasteiger partial charge on any atom is -0.490 e. The van der Waals surface area contributed by atoms with E-state index in [1.54, 1.807) is 24.5 Å². The first kappa shape index (κ1) is 14.0. The van der Waals surface area contributed by atoms with Crippen LogP contribution < -0.4 is 10.1 Å². The minimum absolute atomic E-state index is 0.292. The molecular weight excluding hydrogens is 267 g/mol. The van der Waals surface area contributed by atoms with E-state index in [1.165, 1.54) is 12.8 Å². The molecule has 110 valence electrons. The van der Waals surface area contributed by atoms with Crippen molar-refractivity contribution in [3.63, 3.8) is 0 Å². The van der Waals surface area contributed by atoms with Crippen LogP contribution in [-0.4, -0.2) is 17.6 Å². The molecule has 0 bridgehead atoms. The number of nitrogens with one attached hydrogen (secondary N) is 1. The van der Waals surface area contributed by atoms with Crippen LogP contribution in [0.2, 0.25) is 0 Å². The number of ether oxygens (including phenoxy) is 1. The first-order valence-electron chi connectivity index (χ1n) is 7.35. The van der Waals surface area contributed by atoms with Crippen LogP contribution in [0.1, 0.15) is 24.0 Å². The molecule has 0 unspecified atom stereocenters. The summed E-state index contributed by atoms with van der Waals surface area (Å²) in [6, 6.07) is 9.69. The van der Waals surface area contributed by atoms with Crippen LogP contribution >= 0.6 is 0 Å². The van der Waals surface area contributed by atoms with Crippen LogP contribution in [0.4, 0.5) is 4.39 Å². The van der Waals surface area contributed by atoms with E-state index in [0.29, 0.717) is 18.4 Å². The molecule has 4 heteroatoms. The molecule has 3 rings (SSSR count). The molecule has 0 saturated heterocycles. The molecule has 1 aromatic heterocycles. The molecule has 2 aromatic rings. The largest absolute Gasteiger partial charge is 0.490 e. The molecule has 1 fully saturated rings. The van der Waals surface area contributed by atoms with Gasteiger partial charge in [-0.15, -0.1) is 0 Å². The monoisotopic (exact) mass is 286 g/mol. The highest BCUT2D eigenvalue weighted by Gasteiger charge is 2.20. The van der Waals surface area contributed by atoms with Crippen molar-refractivity contribution in [3.8, 4) is 5.75 Å². The predicted molar refractivity (Wildman–Crippen MR) is 79.7 cm³/mol. The van der Waals surface area contributed by atoms with Gasteiger partial charge in [-0.3, -0.25) is 4.98 Å². The minimum atomic E-state index is -0.292. The molecule has 0 amide bonds. The Morgan fingerprint density at radius 2 is 1.95 bits per heavy atom. The van der Waals surface area contributed by atoms with Crippen molar-refractivity contribution >= 4 is 0 Å². The summed E-state index contributed by atoms with van der Waals surface area (Å²) in [5, 5.41) is 3.37. The van der Waals surface area contributed by atoms with Crippen LogP contribution in [0.15, 0.2) is 42.7 Å². The number of benzene rings is 1. The van der Waals surface area contributed by atoms with Crippen molar-refractivity contribution < 1.29 is 9.13 Å². The Morgan fingerprint density at radius 3 is 2.67 bits per heavy atom. The molecular formula is C17H19FN2O. The highest BCUT2D eigenvalue weighted by Crippen LogP contribution is 2.21. The number of nitrogens with zero attached hydrogens (tertiary/aromatic N) is 1. The summed E-state index contributed by atoms with van der Waals surface area (Å²) in [4.78, 5) is 3.96. The van der Waals surface area contributed by atoms with Gasteiger partial charge in [-0.1, -0.05) is 6.07 Å². The van der Waals surface area contributed by atoms with Crippen molar-refractivity contribution in [2.45, 2.75) is 31.8 Å². The number of pyridine rings is 1. The first-order chi connectivity index (χ1) is 10.3. The van der Waals surface area contributed by atoms with E-state index in [0.717, 1.165) is 24.1 Å². The lowest BCUT2D eigenvalue weighted by Gasteiger charge is -2.09. The lowest BCUT2D eigenvalue weighted by Crippen LogP contribution is -2.15. The third kappa shape index (κ3) is 4.26. The Balaban J connectivity index is 1.50. The lowest BCUT2D eigenvalue weighted by molar-refractivity contribution is 0.305. The Bertz CT molecular complexity index is 585. The van der Waals surface area contributed by atoms with Crippen LogP contribution in [0.5, 0.6) is 5.75 Å². The fraction of sp³-hybridized carbons (Fsp3) is 0.353. The van der Waals surface area contributed by atoms with E-state index in [2.05, 4.69) is 10.3 Å². The highest BCUT2D eigenvalue weighted by molar-refractivity contribution is 5.29. The van der Waals surface area contributed by atoms with Gasteiger partial charge >= 0.3 is 0 Å². The summed E-state index contributed by atoms with van der Waals surface area (Å²) in [6.45, 7) is 1.18. The van der Waals surface area contributed by atoms with E-state index in [9.17, 15) is 4.39 Å². The second kappa shape index (κ2) is 6.68.